The van der Waals surface area contributed by atoms with Gasteiger partial charge in [-0.25, -0.2) is 4.98 Å². The molecule has 1 aromatic heterocycles. The summed E-state index contributed by atoms with van der Waals surface area (Å²) in [6.07, 6.45) is 5.49. The molecule has 1 aromatic rings. The number of aromatic nitrogens is 2. The molecule has 1 aliphatic heterocycles. The second kappa shape index (κ2) is 4.23. The van der Waals surface area contributed by atoms with Gasteiger partial charge in [0.2, 0.25) is 0 Å². The Kier molecular flexibility index (Phi) is 2.98. The van der Waals surface area contributed by atoms with Gasteiger partial charge in [0, 0.05) is 60.3 Å². The molecular formula is C9H15N3OS. The quantitative estimate of drug-likeness (QED) is 0.763. The van der Waals surface area contributed by atoms with Gasteiger partial charge in [-0.1, -0.05) is 0 Å². The third kappa shape index (κ3) is 2.04. The second-order valence-electron chi connectivity index (χ2n) is 3.64. The lowest BCUT2D eigenvalue weighted by Crippen LogP contribution is -2.41. The first-order chi connectivity index (χ1) is 6.77. The maximum atomic E-state index is 11.0. The van der Waals surface area contributed by atoms with E-state index >= 15 is 0 Å². The van der Waals surface area contributed by atoms with Gasteiger partial charge < -0.3 is 9.88 Å². The lowest BCUT2D eigenvalue weighted by atomic mass is 10.00. The predicted molar refractivity (Wildman–Crippen MR) is 56.8 cm³/mol. The number of nitrogens with zero attached hydrogens (tertiary/aromatic N) is 2. The molecule has 0 radical (unpaired) electrons. The van der Waals surface area contributed by atoms with E-state index in [1.165, 1.54) is 5.69 Å². The molecule has 2 heterocycles. The number of rotatable bonds is 4. The van der Waals surface area contributed by atoms with Crippen LogP contribution >= 0.6 is 0 Å². The molecule has 0 saturated carbocycles. The topological polar surface area (TPSA) is 46.9 Å². The minimum Gasteiger partial charge on any atom is -0.333 e. The zero-order valence-electron chi connectivity index (χ0n) is 8.27. The van der Waals surface area contributed by atoms with Gasteiger partial charge in [-0.15, -0.1) is 0 Å². The molecule has 1 atom stereocenters. The zero-order valence-corrected chi connectivity index (χ0v) is 9.09. The summed E-state index contributed by atoms with van der Waals surface area (Å²) in [5.41, 5.74) is 1.27. The Morgan fingerprint density at radius 2 is 2.50 bits per heavy atom. The molecule has 0 aliphatic carbocycles. The first-order valence-electron chi connectivity index (χ1n) is 4.78. The van der Waals surface area contributed by atoms with Crippen molar-refractivity contribution in [2.24, 2.45) is 0 Å². The molecule has 0 spiro atoms. The van der Waals surface area contributed by atoms with Gasteiger partial charge in [-0.3, -0.25) is 4.21 Å². The summed E-state index contributed by atoms with van der Waals surface area (Å²) in [7, 11) is -0.720. The van der Waals surface area contributed by atoms with Gasteiger partial charge in [0.1, 0.15) is 0 Å². The lowest BCUT2D eigenvalue weighted by Gasteiger charge is -2.27. The Hall–Kier alpha value is -0.680. The van der Waals surface area contributed by atoms with Gasteiger partial charge in [-0.05, 0) is 0 Å². The van der Waals surface area contributed by atoms with Crippen LogP contribution in [0.2, 0.25) is 0 Å². The first-order valence-corrected chi connectivity index (χ1v) is 6.51. The van der Waals surface area contributed by atoms with Crippen LogP contribution in [0, 0.1) is 0 Å². The first kappa shape index (κ1) is 9.86. The van der Waals surface area contributed by atoms with Crippen molar-refractivity contribution in [3.8, 4) is 0 Å². The fourth-order valence-corrected chi connectivity index (χ4v) is 2.04. The van der Waals surface area contributed by atoms with Gasteiger partial charge >= 0.3 is 0 Å². The molecule has 2 rings (SSSR count). The fourth-order valence-electron chi connectivity index (χ4n) is 1.58. The molecule has 1 N–H and O–H groups in total. The third-order valence-electron chi connectivity index (χ3n) is 2.56. The van der Waals surface area contributed by atoms with E-state index in [0.29, 0.717) is 11.7 Å². The van der Waals surface area contributed by atoms with Crippen molar-refractivity contribution in [2.45, 2.75) is 12.5 Å². The molecule has 14 heavy (non-hydrogen) atoms. The average Bonchev–Trinajstić information content (AvgIpc) is 2.46. The van der Waals surface area contributed by atoms with Gasteiger partial charge in [-0.2, -0.15) is 0 Å². The van der Waals surface area contributed by atoms with Crippen molar-refractivity contribution in [2.75, 3.05) is 25.1 Å². The van der Waals surface area contributed by atoms with Crippen molar-refractivity contribution in [3.63, 3.8) is 0 Å². The monoisotopic (exact) mass is 213 g/mol. The van der Waals surface area contributed by atoms with Crippen LogP contribution in [-0.2, 0) is 17.3 Å². The molecule has 4 nitrogen and oxygen atoms in total. The molecular weight excluding hydrogens is 198 g/mol. The van der Waals surface area contributed by atoms with E-state index in [4.69, 9.17) is 0 Å². The van der Waals surface area contributed by atoms with Crippen LogP contribution in [0.15, 0.2) is 12.5 Å². The van der Waals surface area contributed by atoms with Crippen molar-refractivity contribution in [1.29, 1.82) is 0 Å². The summed E-state index contributed by atoms with van der Waals surface area (Å²) in [5.74, 6) is 1.31. The Balaban J connectivity index is 2.01. The second-order valence-corrected chi connectivity index (χ2v) is 5.20. The highest BCUT2D eigenvalue weighted by Crippen LogP contribution is 2.18. The smallest absolute Gasteiger partial charge is 0.0948 e. The maximum Gasteiger partial charge on any atom is 0.0948 e. The maximum absolute atomic E-state index is 11.0. The number of imidazole rings is 1. The summed E-state index contributed by atoms with van der Waals surface area (Å²) in [4.78, 5) is 4.14. The van der Waals surface area contributed by atoms with Crippen molar-refractivity contribution in [3.05, 3.63) is 18.2 Å². The molecule has 0 aromatic carbocycles. The van der Waals surface area contributed by atoms with E-state index in [-0.39, 0.29) is 0 Å². The molecule has 1 aliphatic rings. The summed E-state index contributed by atoms with van der Waals surface area (Å²) in [6, 6.07) is 0. The van der Waals surface area contributed by atoms with Crippen LogP contribution < -0.4 is 5.32 Å². The SMILES string of the molecule is CS(=O)CCn1cncc1C1CNC1. The Morgan fingerprint density at radius 3 is 3.07 bits per heavy atom. The van der Waals surface area contributed by atoms with E-state index in [2.05, 4.69) is 14.9 Å². The molecule has 0 bridgehead atoms. The van der Waals surface area contributed by atoms with Crippen LogP contribution in [0.5, 0.6) is 0 Å². The van der Waals surface area contributed by atoms with E-state index in [0.717, 1.165) is 19.6 Å². The zero-order chi connectivity index (χ0) is 9.97. The summed E-state index contributed by atoms with van der Waals surface area (Å²) in [6.45, 7) is 2.90. The van der Waals surface area contributed by atoms with Crippen LogP contribution in [0.3, 0.4) is 0 Å². The third-order valence-corrected chi connectivity index (χ3v) is 3.32. The number of aryl methyl sites for hydroxylation is 1. The van der Waals surface area contributed by atoms with Gasteiger partial charge in [0.25, 0.3) is 0 Å². The highest BCUT2D eigenvalue weighted by atomic mass is 32.2. The average molecular weight is 213 g/mol. The summed E-state index contributed by atoms with van der Waals surface area (Å²) in [5, 5.41) is 3.24. The normalized spacial score (nSPS) is 19.2. The Bertz CT molecular complexity index is 333. The van der Waals surface area contributed by atoms with Crippen LogP contribution in [0.25, 0.3) is 0 Å². The number of hydrogen-bond donors (Lipinski definition) is 1. The Morgan fingerprint density at radius 1 is 1.71 bits per heavy atom. The number of hydrogen-bond acceptors (Lipinski definition) is 3. The fraction of sp³-hybridized carbons (Fsp3) is 0.667. The molecule has 0 amide bonds. The van der Waals surface area contributed by atoms with Gasteiger partial charge in [0.05, 0.1) is 6.33 Å². The minimum atomic E-state index is -0.720. The van der Waals surface area contributed by atoms with E-state index in [1.54, 1.807) is 6.26 Å². The van der Waals surface area contributed by atoms with Crippen LogP contribution in [0.4, 0.5) is 0 Å². The minimum absolute atomic E-state index is 0.600. The van der Waals surface area contributed by atoms with E-state index < -0.39 is 10.8 Å². The standard InChI is InChI=1S/C9H15N3OS/c1-14(13)3-2-12-7-11-6-9(12)8-4-10-5-8/h6-8,10H,2-5H2,1H3. The molecule has 1 unspecified atom stereocenters. The number of nitrogens with one attached hydrogen (secondary N) is 1. The van der Waals surface area contributed by atoms with E-state index in [1.807, 2.05) is 12.5 Å². The van der Waals surface area contributed by atoms with Crippen LogP contribution in [-0.4, -0.2) is 38.9 Å². The largest absolute Gasteiger partial charge is 0.333 e. The van der Waals surface area contributed by atoms with Crippen molar-refractivity contribution in [1.82, 2.24) is 14.9 Å². The van der Waals surface area contributed by atoms with Crippen LogP contribution in [0.1, 0.15) is 11.6 Å². The highest BCUT2D eigenvalue weighted by molar-refractivity contribution is 7.84. The molecule has 1 saturated heterocycles. The predicted octanol–water partition coefficient (Wildman–Crippen LogP) is -0.0516. The van der Waals surface area contributed by atoms with E-state index in [9.17, 15) is 4.21 Å². The van der Waals surface area contributed by atoms with Gasteiger partial charge in [0.15, 0.2) is 0 Å². The summed E-state index contributed by atoms with van der Waals surface area (Å²) >= 11 is 0. The lowest BCUT2D eigenvalue weighted by molar-refractivity contribution is 0.426. The summed E-state index contributed by atoms with van der Waals surface area (Å²) < 4.78 is 13.1. The van der Waals surface area contributed by atoms with Crippen molar-refractivity contribution >= 4 is 10.8 Å². The molecule has 78 valence electrons. The van der Waals surface area contributed by atoms with Crippen molar-refractivity contribution < 1.29 is 4.21 Å². The molecule has 1 fully saturated rings. The highest BCUT2D eigenvalue weighted by Gasteiger charge is 2.21. The molecule has 5 heteroatoms. The Labute approximate surface area is 86.2 Å².